The van der Waals surface area contributed by atoms with Crippen molar-refractivity contribution in [2.45, 2.75) is 32.6 Å². The standard InChI is InChI=1S/C20H20F2N4O/c1-4-18(27)15-9-8-14(17(12-15)19-23-25-26(3)24-19)10-13-6-5-7-16(11-13)20(2,21)22/h5-9,11-12H,4,10H2,1-3H3. The van der Waals surface area contributed by atoms with Crippen LogP contribution in [0.2, 0.25) is 0 Å². The van der Waals surface area contributed by atoms with Gasteiger partial charge >= 0.3 is 0 Å². The molecule has 140 valence electrons. The van der Waals surface area contributed by atoms with Gasteiger partial charge < -0.3 is 0 Å². The lowest BCUT2D eigenvalue weighted by Crippen LogP contribution is -2.07. The molecule has 0 atom stereocenters. The number of aromatic nitrogens is 4. The van der Waals surface area contributed by atoms with Crippen LogP contribution in [0.4, 0.5) is 8.78 Å². The summed E-state index contributed by atoms with van der Waals surface area (Å²) in [5.41, 5.74) is 2.80. The van der Waals surface area contributed by atoms with Crippen LogP contribution in [0.15, 0.2) is 42.5 Å². The van der Waals surface area contributed by atoms with Gasteiger partial charge in [0.25, 0.3) is 5.92 Å². The minimum Gasteiger partial charge on any atom is -0.294 e. The van der Waals surface area contributed by atoms with E-state index >= 15 is 0 Å². The van der Waals surface area contributed by atoms with E-state index in [0.717, 1.165) is 18.1 Å². The van der Waals surface area contributed by atoms with E-state index in [0.29, 0.717) is 29.8 Å². The second kappa shape index (κ2) is 7.34. The van der Waals surface area contributed by atoms with Crippen LogP contribution < -0.4 is 0 Å². The van der Waals surface area contributed by atoms with Gasteiger partial charge in [0.2, 0.25) is 5.82 Å². The highest BCUT2D eigenvalue weighted by Crippen LogP contribution is 2.29. The highest BCUT2D eigenvalue weighted by molar-refractivity contribution is 5.97. The number of nitrogens with zero attached hydrogens (tertiary/aromatic N) is 4. The molecule has 27 heavy (non-hydrogen) atoms. The molecule has 0 aliphatic heterocycles. The number of rotatable bonds is 6. The van der Waals surface area contributed by atoms with Crippen LogP contribution in [0.1, 0.15) is 47.3 Å². The number of alkyl halides is 2. The number of hydrogen-bond acceptors (Lipinski definition) is 4. The van der Waals surface area contributed by atoms with Crippen molar-refractivity contribution in [1.82, 2.24) is 20.2 Å². The number of tetrazole rings is 1. The Hall–Kier alpha value is -2.96. The van der Waals surface area contributed by atoms with Gasteiger partial charge in [-0.25, -0.2) is 8.78 Å². The van der Waals surface area contributed by atoms with Crippen LogP contribution in [0.25, 0.3) is 11.4 Å². The zero-order valence-electron chi connectivity index (χ0n) is 15.4. The van der Waals surface area contributed by atoms with Crippen molar-refractivity contribution in [2.75, 3.05) is 0 Å². The van der Waals surface area contributed by atoms with Crippen molar-refractivity contribution in [3.8, 4) is 11.4 Å². The molecule has 0 fully saturated rings. The zero-order chi connectivity index (χ0) is 19.6. The molecule has 1 heterocycles. The van der Waals surface area contributed by atoms with E-state index in [1.54, 1.807) is 38.2 Å². The zero-order valence-corrected chi connectivity index (χ0v) is 15.4. The van der Waals surface area contributed by atoms with Gasteiger partial charge in [-0.2, -0.15) is 4.80 Å². The lowest BCUT2D eigenvalue weighted by molar-refractivity contribution is 0.0174. The normalized spacial score (nSPS) is 11.6. The molecule has 0 aliphatic carbocycles. The molecule has 7 heteroatoms. The Bertz CT molecular complexity index is 976. The smallest absolute Gasteiger partial charge is 0.270 e. The summed E-state index contributed by atoms with van der Waals surface area (Å²) in [6.07, 6.45) is 0.804. The summed E-state index contributed by atoms with van der Waals surface area (Å²) in [5, 5.41) is 12.1. The molecule has 0 saturated heterocycles. The number of ketones is 1. The maximum Gasteiger partial charge on any atom is 0.270 e. The SMILES string of the molecule is CCC(=O)c1ccc(Cc2cccc(C(C)(F)F)c2)c(-c2nnn(C)n2)c1. The fourth-order valence-electron chi connectivity index (χ4n) is 2.88. The fourth-order valence-corrected chi connectivity index (χ4v) is 2.88. The van der Waals surface area contributed by atoms with Gasteiger partial charge in [0.05, 0.1) is 7.05 Å². The van der Waals surface area contributed by atoms with E-state index in [2.05, 4.69) is 15.4 Å². The maximum absolute atomic E-state index is 13.6. The van der Waals surface area contributed by atoms with Gasteiger partial charge in [0.15, 0.2) is 5.78 Å². The van der Waals surface area contributed by atoms with Crippen molar-refractivity contribution >= 4 is 5.78 Å². The topological polar surface area (TPSA) is 60.7 Å². The van der Waals surface area contributed by atoms with Crippen LogP contribution in [0, 0.1) is 0 Å². The first-order chi connectivity index (χ1) is 12.8. The van der Waals surface area contributed by atoms with Gasteiger partial charge in [-0.3, -0.25) is 4.79 Å². The molecule has 0 unspecified atom stereocenters. The van der Waals surface area contributed by atoms with Gasteiger partial charge in [0, 0.05) is 30.0 Å². The van der Waals surface area contributed by atoms with Crippen molar-refractivity contribution in [3.05, 3.63) is 64.7 Å². The lowest BCUT2D eigenvalue weighted by Gasteiger charge is -2.13. The fraction of sp³-hybridized carbons (Fsp3) is 0.300. The predicted molar refractivity (Wildman–Crippen MR) is 97.7 cm³/mol. The monoisotopic (exact) mass is 370 g/mol. The molecule has 3 aromatic rings. The average molecular weight is 370 g/mol. The Balaban J connectivity index is 2.03. The molecule has 0 aliphatic rings. The van der Waals surface area contributed by atoms with Crippen LogP contribution in [-0.4, -0.2) is 26.0 Å². The summed E-state index contributed by atoms with van der Waals surface area (Å²) in [6, 6.07) is 11.7. The van der Waals surface area contributed by atoms with E-state index in [1.165, 1.54) is 16.9 Å². The first kappa shape index (κ1) is 18.8. The van der Waals surface area contributed by atoms with E-state index < -0.39 is 5.92 Å². The van der Waals surface area contributed by atoms with Crippen LogP contribution in [-0.2, 0) is 19.4 Å². The Kier molecular flexibility index (Phi) is 5.12. The van der Waals surface area contributed by atoms with Crippen LogP contribution >= 0.6 is 0 Å². The largest absolute Gasteiger partial charge is 0.294 e. The van der Waals surface area contributed by atoms with Gasteiger partial charge in [0.1, 0.15) is 0 Å². The van der Waals surface area contributed by atoms with Crippen molar-refractivity contribution in [2.24, 2.45) is 7.05 Å². The highest BCUT2D eigenvalue weighted by Gasteiger charge is 2.24. The highest BCUT2D eigenvalue weighted by atomic mass is 19.3. The van der Waals surface area contributed by atoms with Gasteiger partial charge in [-0.15, -0.1) is 10.2 Å². The molecule has 5 nitrogen and oxygen atoms in total. The Labute approximate surface area is 156 Å². The predicted octanol–water partition coefficient (Wildman–Crippen LogP) is 4.17. The van der Waals surface area contributed by atoms with Crippen LogP contribution in [0.3, 0.4) is 0 Å². The number of hydrogen-bond donors (Lipinski definition) is 0. The molecule has 0 N–H and O–H groups in total. The third-order valence-electron chi connectivity index (χ3n) is 4.33. The number of halogens is 2. The van der Waals surface area contributed by atoms with E-state index in [-0.39, 0.29) is 11.3 Å². The summed E-state index contributed by atoms with van der Waals surface area (Å²) in [7, 11) is 1.66. The Morgan fingerprint density at radius 3 is 2.59 bits per heavy atom. The number of benzene rings is 2. The maximum atomic E-state index is 13.6. The molecule has 1 aromatic heterocycles. The molecule has 0 amide bonds. The van der Waals surface area contributed by atoms with Crippen molar-refractivity contribution in [3.63, 3.8) is 0 Å². The third kappa shape index (κ3) is 4.24. The van der Waals surface area contributed by atoms with Crippen LogP contribution in [0.5, 0.6) is 0 Å². The Morgan fingerprint density at radius 1 is 1.19 bits per heavy atom. The number of carbonyl (C=O) groups excluding carboxylic acids is 1. The minimum atomic E-state index is -2.90. The van der Waals surface area contributed by atoms with E-state index in [4.69, 9.17) is 0 Å². The van der Waals surface area contributed by atoms with Crippen molar-refractivity contribution < 1.29 is 13.6 Å². The Morgan fingerprint density at radius 2 is 1.96 bits per heavy atom. The van der Waals surface area contributed by atoms with Gasteiger partial charge in [-0.05, 0) is 34.9 Å². The minimum absolute atomic E-state index is 0.0133. The first-order valence-electron chi connectivity index (χ1n) is 8.65. The molecule has 2 aromatic carbocycles. The average Bonchev–Trinajstić information content (AvgIpc) is 3.07. The summed E-state index contributed by atoms with van der Waals surface area (Å²) < 4.78 is 27.3. The lowest BCUT2D eigenvalue weighted by atomic mass is 9.94. The summed E-state index contributed by atoms with van der Waals surface area (Å²) in [5.74, 6) is -2.49. The van der Waals surface area contributed by atoms with E-state index in [9.17, 15) is 13.6 Å². The quantitative estimate of drug-likeness (QED) is 0.611. The summed E-state index contributed by atoms with van der Waals surface area (Å²) >= 11 is 0. The van der Waals surface area contributed by atoms with E-state index in [1.807, 2.05) is 6.07 Å². The number of Topliss-reactive ketones (excluding diaryl/α,β-unsaturated/α-hetero) is 1. The van der Waals surface area contributed by atoms with Gasteiger partial charge in [-0.1, -0.05) is 37.3 Å². The molecular formula is C20H20F2N4O. The number of carbonyl (C=O) groups is 1. The molecular weight excluding hydrogens is 350 g/mol. The third-order valence-corrected chi connectivity index (χ3v) is 4.33. The molecule has 0 spiro atoms. The van der Waals surface area contributed by atoms with Crippen molar-refractivity contribution in [1.29, 1.82) is 0 Å². The molecule has 0 bridgehead atoms. The molecule has 0 radical (unpaired) electrons. The molecule has 3 rings (SSSR count). The first-order valence-corrected chi connectivity index (χ1v) is 8.65. The molecule has 0 saturated carbocycles. The second-order valence-electron chi connectivity index (χ2n) is 6.52. The number of aryl methyl sites for hydroxylation is 1. The second-order valence-corrected chi connectivity index (χ2v) is 6.52. The summed E-state index contributed by atoms with van der Waals surface area (Å²) in [6.45, 7) is 2.68. The summed E-state index contributed by atoms with van der Waals surface area (Å²) in [4.78, 5) is 13.4.